The van der Waals surface area contributed by atoms with Gasteiger partial charge in [-0.2, -0.15) is 0 Å². The molecule has 0 radical (unpaired) electrons. The highest BCUT2D eigenvalue weighted by Gasteiger charge is 2.24. The Bertz CT molecular complexity index is 1360. The Labute approximate surface area is 174 Å². The highest BCUT2D eigenvalue weighted by Crippen LogP contribution is 2.33. The summed E-state index contributed by atoms with van der Waals surface area (Å²) in [5, 5.41) is 14.1. The zero-order valence-electron chi connectivity index (χ0n) is 16.1. The lowest BCUT2D eigenvalue weighted by Gasteiger charge is -2.12. The van der Waals surface area contributed by atoms with Crippen molar-refractivity contribution in [1.82, 2.24) is 9.38 Å². The molecule has 0 bridgehead atoms. The molecule has 0 fully saturated rings. The van der Waals surface area contributed by atoms with Crippen LogP contribution in [0.25, 0.3) is 5.65 Å². The van der Waals surface area contributed by atoms with Crippen molar-refractivity contribution >= 4 is 22.8 Å². The van der Waals surface area contributed by atoms with Gasteiger partial charge in [-0.1, -0.05) is 18.2 Å². The van der Waals surface area contributed by atoms with E-state index in [2.05, 4.69) is 10.3 Å². The summed E-state index contributed by atoms with van der Waals surface area (Å²) in [4.78, 5) is 27.3. The minimum atomic E-state index is -0.852. The van der Waals surface area contributed by atoms with Crippen LogP contribution in [0.5, 0.6) is 17.2 Å². The number of pyridine rings is 1. The number of nitrogens with zero attached hydrogens (tertiary/aromatic N) is 3. The van der Waals surface area contributed by atoms with Gasteiger partial charge >= 0.3 is 11.2 Å². The summed E-state index contributed by atoms with van der Waals surface area (Å²) in [6.07, 6.45) is 1.38. The summed E-state index contributed by atoms with van der Waals surface area (Å²) in [7, 11) is 1.47. The van der Waals surface area contributed by atoms with Gasteiger partial charge in [0.15, 0.2) is 23.1 Å². The third-order valence-electron chi connectivity index (χ3n) is 4.38. The Morgan fingerprint density at radius 1 is 1.06 bits per heavy atom. The van der Waals surface area contributed by atoms with Gasteiger partial charge in [-0.05, 0) is 36.4 Å². The average Bonchev–Trinajstić information content (AvgIpc) is 2.76. The fraction of sp³-hybridized carbons (Fsp3) is 0.0476. The molecule has 0 aliphatic heterocycles. The lowest BCUT2D eigenvalue weighted by molar-refractivity contribution is -0.385. The van der Waals surface area contributed by atoms with E-state index in [0.717, 1.165) is 10.5 Å². The first-order chi connectivity index (χ1) is 15.0. The van der Waals surface area contributed by atoms with Crippen molar-refractivity contribution in [2.45, 2.75) is 0 Å². The van der Waals surface area contributed by atoms with Crippen LogP contribution in [-0.4, -0.2) is 21.4 Å². The molecule has 0 atom stereocenters. The van der Waals surface area contributed by atoms with Crippen LogP contribution in [0.4, 0.5) is 21.6 Å². The molecule has 9 nitrogen and oxygen atoms in total. The SMILES string of the molecule is COc1ccccc1Oc1ccc(Nc2nc3ccccn3c(=O)c2[N+](=O)[O-])cc1F. The van der Waals surface area contributed by atoms with E-state index in [1.165, 1.54) is 31.5 Å². The highest BCUT2D eigenvalue weighted by molar-refractivity contribution is 5.68. The van der Waals surface area contributed by atoms with Gasteiger partial charge in [0.25, 0.3) is 0 Å². The maximum absolute atomic E-state index is 14.6. The van der Waals surface area contributed by atoms with Gasteiger partial charge < -0.3 is 14.8 Å². The second kappa shape index (κ2) is 8.11. The van der Waals surface area contributed by atoms with Crippen molar-refractivity contribution < 1.29 is 18.8 Å². The number of anilines is 2. The number of aromatic nitrogens is 2. The van der Waals surface area contributed by atoms with Gasteiger partial charge in [0, 0.05) is 18.0 Å². The maximum Gasteiger partial charge on any atom is 0.376 e. The molecule has 4 rings (SSSR count). The molecule has 0 aliphatic rings. The predicted octanol–water partition coefficient (Wildman–Crippen LogP) is 4.29. The molecular weight excluding hydrogens is 407 g/mol. The summed E-state index contributed by atoms with van der Waals surface area (Å²) < 4.78 is 26.5. The smallest absolute Gasteiger partial charge is 0.376 e. The molecule has 0 spiro atoms. The van der Waals surface area contributed by atoms with Crippen molar-refractivity contribution in [3.63, 3.8) is 0 Å². The van der Waals surface area contributed by atoms with Crippen LogP contribution in [0.2, 0.25) is 0 Å². The van der Waals surface area contributed by atoms with Gasteiger partial charge in [0.05, 0.1) is 12.0 Å². The van der Waals surface area contributed by atoms with Crippen LogP contribution in [0.3, 0.4) is 0 Å². The number of nitro groups is 1. The molecule has 0 saturated carbocycles. The second-order valence-electron chi connectivity index (χ2n) is 6.32. The molecule has 2 aromatic heterocycles. The first kappa shape index (κ1) is 19.8. The molecular formula is C21H15FN4O5. The number of hydrogen-bond acceptors (Lipinski definition) is 7. The van der Waals surface area contributed by atoms with Crippen molar-refractivity contribution in [2.75, 3.05) is 12.4 Å². The number of rotatable bonds is 6. The molecule has 2 heterocycles. The van der Waals surface area contributed by atoms with E-state index in [1.807, 2.05) is 0 Å². The zero-order valence-corrected chi connectivity index (χ0v) is 16.1. The summed E-state index contributed by atoms with van der Waals surface area (Å²) in [5.41, 5.74) is -1.24. The minimum absolute atomic E-state index is 0.0731. The Morgan fingerprint density at radius 2 is 1.81 bits per heavy atom. The van der Waals surface area contributed by atoms with E-state index < -0.39 is 22.0 Å². The topological polar surface area (TPSA) is 108 Å². The maximum atomic E-state index is 14.6. The first-order valence-electron chi connectivity index (χ1n) is 9.01. The Morgan fingerprint density at radius 3 is 2.52 bits per heavy atom. The molecule has 2 aromatic carbocycles. The van der Waals surface area contributed by atoms with E-state index >= 15 is 0 Å². The highest BCUT2D eigenvalue weighted by atomic mass is 19.1. The van der Waals surface area contributed by atoms with Crippen molar-refractivity contribution in [3.05, 3.63) is 93.1 Å². The Hall–Kier alpha value is -4.47. The number of ether oxygens (including phenoxy) is 2. The van der Waals surface area contributed by atoms with Crippen LogP contribution in [-0.2, 0) is 0 Å². The molecule has 31 heavy (non-hydrogen) atoms. The molecule has 0 unspecified atom stereocenters. The van der Waals surface area contributed by atoms with Crippen LogP contribution in [0, 0.1) is 15.9 Å². The van der Waals surface area contributed by atoms with Gasteiger partial charge in [-0.3, -0.25) is 19.3 Å². The largest absolute Gasteiger partial charge is 0.493 e. The average molecular weight is 422 g/mol. The van der Waals surface area contributed by atoms with E-state index in [0.29, 0.717) is 11.5 Å². The number of nitrogens with one attached hydrogen (secondary N) is 1. The van der Waals surface area contributed by atoms with Crippen molar-refractivity contribution in [1.29, 1.82) is 0 Å². The third kappa shape index (κ3) is 3.86. The predicted molar refractivity (Wildman–Crippen MR) is 111 cm³/mol. The molecule has 0 saturated heterocycles. The Kier molecular flexibility index (Phi) is 5.19. The molecule has 1 N–H and O–H groups in total. The quantitative estimate of drug-likeness (QED) is 0.365. The van der Waals surface area contributed by atoms with Gasteiger partial charge in [0.2, 0.25) is 5.82 Å². The van der Waals surface area contributed by atoms with Crippen molar-refractivity contribution in [2.24, 2.45) is 0 Å². The van der Waals surface area contributed by atoms with Gasteiger partial charge in [-0.25, -0.2) is 9.37 Å². The van der Waals surface area contributed by atoms with Gasteiger partial charge in [-0.15, -0.1) is 0 Å². The van der Waals surface area contributed by atoms with Crippen LogP contribution < -0.4 is 20.3 Å². The monoisotopic (exact) mass is 422 g/mol. The fourth-order valence-electron chi connectivity index (χ4n) is 2.95. The summed E-state index contributed by atoms with van der Waals surface area (Å²) >= 11 is 0. The number of methoxy groups -OCH3 is 1. The van der Waals surface area contributed by atoms with Crippen LogP contribution in [0.15, 0.2) is 71.7 Å². The van der Waals surface area contributed by atoms with Crippen LogP contribution in [0.1, 0.15) is 0 Å². The molecule has 10 heteroatoms. The number of benzene rings is 2. The second-order valence-corrected chi connectivity index (χ2v) is 6.32. The zero-order chi connectivity index (χ0) is 22.0. The van der Waals surface area contributed by atoms with Crippen LogP contribution >= 0.6 is 0 Å². The first-order valence-corrected chi connectivity index (χ1v) is 9.01. The van der Waals surface area contributed by atoms with Gasteiger partial charge in [0.1, 0.15) is 5.65 Å². The van der Waals surface area contributed by atoms with E-state index in [9.17, 15) is 19.3 Å². The third-order valence-corrected chi connectivity index (χ3v) is 4.38. The molecule has 0 amide bonds. The fourth-order valence-corrected chi connectivity index (χ4v) is 2.95. The number of hydrogen-bond donors (Lipinski definition) is 1. The summed E-state index contributed by atoms with van der Waals surface area (Å²) in [6, 6.07) is 15.4. The summed E-state index contributed by atoms with van der Waals surface area (Å²) in [5.74, 6) is -0.337. The standard InChI is InChI=1S/C21H15FN4O5/c1-30-16-6-2-3-7-17(16)31-15-10-9-13(12-14(15)22)23-20-19(26(28)29)21(27)25-11-5-4-8-18(25)24-20/h2-12,23H,1H3. The number of para-hydroxylation sites is 2. The normalized spacial score (nSPS) is 10.6. The van der Waals surface area contributed by atoms with E-state index in [-0.39, 0.29) is 22.9 Å². The van der Waals surface area contributed by atoms with E-state index in [4.69, 9.17) is 9.47 Å². The minimum Gasteiger partial charge on any atom is -0.493 e. The lowest BCUT2D eigenvalue weighted by atomic mass is 10.2. The number of halogens is 1. The summed E-state index contributed by atoms with van der Waals surface area (Å²) in [6.45, 7) is 0. The Balaban J connectivity index is 1.68. The molecule has 156 valence electrons. The lowest BCUT2D eigenvalue weighted by Crippen LogP contribution is -2.20. The number of fused-ring (bicyclic) bond motifs is 1. The molecule has 4 aromatic rings. The molecule has 0 aliphatic carbocycles. The van der Waals surface area contributed by atoms with E-state index in [1.54, 1.807) is 36.4 Å². The van der Waals surface area contributed by atoms with Crippen molar-refractivity contribution in [3.8, 4) is 17.2 Å².